The summed E-state index contributed by atoms with van der Waals surface area (Å²) in [7, 11) is 0. The van der Waals surface area contributed by atoms with Gasteiger partial charge in [0.25, 0.3) is 5.91 Å². The van der Waals surface area contributed by atoms with E-state index in [1.165, 1.54) is 31.2 Å². The molecule has 12 heteroatoms. The summed E-state index contributed by atoms with van der Waals surface area (Å²) in [5, 5.41) is 26.3. The molecule has 0 aromatic heterocycles. The number of hydrogen-bond donors (Lipinski definition) is 5. The van der Waals surface area contributed by atoms with Crippen LogP contribution in [0.3, 0.4) is 0 Å². The van der Waals surface area contributed by atoms with Gasteiger partial charge in [-0.15, -0.1) is 0 Å². The molecule has 34 heavy (non-hydrogen) atoms. The van der Waals surface area contributed by atoms with Crippen LogP contribution < -0.4 is 16.0 Å². The Kier molecular flexibility index (Phi) is 9.71. The molecular formula is C22H28N4O8. The quantitative estimate of drug-likeness (QED) is 0.252. The van der Waals surface area contributed by atoms with Gasteiger partial charge in [0.2, 0.25) is 11.9 Å². The monoisotopic (exact) mass is 476 g/mol. The Hall–Kier alpha value is -3.77. The molecule has 3 atom stereocenters. The first-order valence-corrected chi connectivity index (χ1v) is 10.5. The highest BCUT2D eigenvalue weighted by Gasteiger charge is 2.24. The number of amides is 3. The van der Waals surface area contributed by atoms with E-state index in [1.54, 1.807) is 6.92 Å². The average Bonchev–Trinajstić information content (AvgIpc) is 2.77. The van der Waals surface area contributed by atoms with Crippen molar-refractivity contribution in [1.29, 1.82) is 0 Å². The summed E-state index contributed by atoms with van der Waals surface area (Å²) >= 11 is 0. The molecule has 1 aromatic rings. The van der Waals surface area contributed by atoms with Gasteiger partial charge in [-0.1, -0.05) is 6.58 Å². The van der Waals surface area contributed by atoms with Crippen LogP contribution in [-0.4, -0.2) is 71.5 Å². The summed E-state index contributed by atoms with van der Waals surface area (Å²) in [5.74, 6) is -1.38. The second-order valence-corrected chi connectivity index (χ2v) is 7.63. The molecular weight excluding hydrogens is 448 g/mol. The van der Waals surface area contributed by atoms with E-state index < -0.39 is 36.8 Å². The molecule has 1 aliphatic rings. The molecule has 0 bridgehead atoms. The number of carbonyl (C=O) groups excluding carboxylic acids is 4. The zero-order chi connectivity index (χ0) is 25.3. The second kappa shape index (κ2) is 12.5. The summed E-state index contributed by atoms with van der Waals surface area (Å²) in [6.07, 6.45) is -3.04. The first-order chi connectivity index (χ1) is 16.1. The number of nitrogens with one attached hydrogen (secondary N) is 3. The van der Waals surface area contributed by atoms with E-state index in [1.807, 2.05) is 0 Å². The maximum absolute atomic E-state index is 12.3. The lowest BCUT2D eigenvalue weighted by Gasteiger charge is -2.21. The number of aliphatic hydroxyl groups is 2. The SMILES string of the molecule is C=C(C)C(=O)OC(CCOC(=O)Nc1ccc(C(=O)NC2=NC(C)CC(=O)N2)cc1)C(O)CO. The standard InChI is InChI=1S/C22H28N4O8/c1-12(2)20(31)34-17(16(28)11-27)8-9-33-22(32)24-15-6-4-14(5-7-15)19(30)26-21-23-13(3)10-18(29)25-21/h4-7,13,16-17,27-28H,1,8-11H2,2-3H3,(H,24,32)(H2,23,25,26,29,30). The van der Waals surface area contributed by atoms with Crippen LogP contribution in [0.15, 0.2) is 41.4 Å². The fourth-order valence-electron chi connectivity index (χ4n) is 2.81. The van der Waals surface area contributed by atoms with E-state index in [9.17, 15) is 24.3 Å². The molecule has 0 fully saturated rings. The number of aliphatic imine (C=N–C) groups is 1. The first kappa shape index (κ1) is 26.5. The zero-order valence-corrected chi connectivity index (χ0v) is 18.9. The number of ether oxygens (including phenoxy) is 2. The summed E-state index contributed by atoms with van der Waals surface area (Å²) in [6.45, 7) is 5.79. The van der Waals surface area contributed by atoms with Crippen molar-refractivity contribution < 1.29 is 38.9 Å². The smallest absolute Gasteiger partial charge is 0.411 e. The fourth-order valence-corrected chi connectivity index (χ4v) is 2.81. The number of rotatable bonds is 9. The lowest BCUT2D eigenvalue weighted by Crippen LogP contribution is -2.47. The third-order valence-electron chi connectivity index (χ3n) is 4.57. The first-order valence-electron chi connectivity index (χ1n) is 10.5. The van der Waals surface area contributed by atoms with Crippen molar-refractivity contribution in [1.82, 2.24) is 10.6 Å². The van der Waals surface area contributed by atoms with E-state index in [2.05, 4.69) is 27.5 Å². The Morgan fingerprint density at radius 3 is 2.53 bits per heavy atom. The molecule has 3 amide bonds. The minimum Gasteiger partial charge on any atom is -0.456 e. The molecule has 3 unspecified atom stereocenters. The molecule has 0 aliphatic carbocycles. The van der Waals surface area contributed by atoms with Crippen LogP contribution in [-0.2, 0) is 19.1 Å². The van der Waals surface area contributed by atoms with Crippen LogP contribution in [0.2, 0.25) is 0 Å². The average molecular weight is 476 g/mol. The van der Waals surface area contributed by atoms with Gasteiger partial charge in [0.05, 0.1) is 19.3 Å². The van der Waals surface area contributed by atoms with Gasteiger partial charge in [-0.25, -0.2) is 14.6 Å². The molecule has 0 saturated carbocycles. The maximum Gasteiger partial charge on any atom is 0.411 e. The highest BCUT2D eigenvalue weighted by molar-refractivity contribution is 6.10. The number of esters is 1. The number of nitrogens with zero attached hydrogens (tertiary/aromatic N) is 1. The molecule has 12 nitrogen and oxygen atoms in total. The second-order valence-electron chi connectivity index (χ2n) is 7.63. The lowest BCUT2D eigenvalue weighted by molar-refractivity contribution is -0.152. The molecule has 1 heterocycles. The third kappa shape index (κ3) is 8.30. The van der Waals surface area contributed by atoms with Crippen molar-refractivity contribution in [2.24, 2.45) is 4.99 Å². The van der Waals surface area contributed by atoms with Crippen LogP contribution >= 0.6 is 0 Å². The van der Waals surface area contributed by atoms with E-state index in [-0.39, 0.29) is 48.5 Å². The van der Waals surface area contributed by atoms with Gasteiger partial charge in [-0.05, 0) is 38.1 Å². The number of benzene rings is 1. The summed E-state index contributed by atoms with van der Waals surface area (Å²) in [4.78, 5) is 51.7. The highest BCUT2D eigenvalue weighted by Crippen LogP contribution is 2.12. The third-order valence-corrected chi connectivity index (χ3v) is 4.57. The van der Waals surface area contributed by atoms with Crippen LogP contribution in [0, 0.1) is 0 Å². The largest absolute Gasteiger partial charge is 0.456 e. The number of aliphatic hydroxyl groups excluding tert-OH is 2. The van der Waals surface area contributed by atoms with Crippen molar-refractivity contribution in [2.75, 3.05) is 18.5 Å². The molecule has 1 aromatic carbocycles. The van der Waals surface area contributed by atoms with E-state index in [0.29, 0.717) is 5.69 Å². The number of guanidine groups is 1. The van der Waals surface area contributed by atoms with Crippen molar-refractivity contribution in [2.45, 2.75) is 44.9 Å². The molecule has 2 rings (SSSR count). The Labute approximate surface area is 196 Å². The lowest BCUT2D eigenvalue weighted by atomic mass is 10.1. The van der Waals surface area contributed by atoms with Gasteiger partial charge in [0, 0.05) is 29.7 Å². The minimum atomic E-state index is -1.34. The van der Waals surface area contributed by atoms with Gasteiger partial charge in [-0.2, -0.15) is 0 Å². The van der Waals surface area contributed by atoms with Gasteiger partial charge in [-0.3, -0.25) is 25.5 Å². The summed E-state index contributed by atoms with van der Waals surface area (Å²) < 4.78 is 10.1. The predicted molar refractivity (Wildman–Crippen MR) is 121 cm³/mol. The number of hydrogen-bond acceptors (Lipinski definition) is 9. The van der Waals surface area contributed by atoms with Crippen molar-refractivity contribution in [3.8, 4) is 0 Å². The van der Waals surface area contributed by atoms with E-state index in [4.69, 9.17) is 14.6 Å². The Balaban J connectivity index is 1.83. The minimum absolute atomic E-state index is 0.0493. The summed E-state index contributed by atoms with van der Waals surface area (Å²) in [6, 6.07) is 5.65. The van der Waals surface area contributed by atoms with Crippen molar-refractivity contribution in [3.05, 3.63) is 42.0 Å². The highest BCUT2D eigenvalue weighted by atomic mass is 16.6. The predicted octanol–water partition coefficient (Wildman–Crippen LogP) is 0.460. The van der Waals surface area contributed by atoms with Crippen LogP contribution in [0.5, 0.6) is 0 Å². The van der Waals surface area contributed by atoms with Gasteiger partial charge >= 0.3 is 12.1 Å². The molecule has 184 valence electrons. The Morgan fingerprint density at radius 1 is 1.26 bits per heavy atom. The van der Waals surface area contributed by atoms with E-state index in [0.717, 1.165) is 0 Å². The maximum atomic E-state index is 12.3. The topological polar surface area (TPSA) is 176 Å². The fraction of sp³-hybridized carbons (Fsp3) is 0.409. The van der Waals surface area contributed by atoms with Crippen LogP contribution in [0.25, 0.3) is 0 Å². The van der Waals surface area contributed by atoms with Gasteiger partial charge in [0.1, 0.15) is 12.2 Å². The molecule has 0 spiro atoms. The number of carbonyl (C=O) groups is 4. The van der Waals surface area contributed by atoms with E-state index >= 15 is 0 Å². The molecule has 0 saturated heterocycles. The normalized spacial score (nSPS) is 16.9. The summed E-state index contributed by atoms with van der Waals surface area (Å²) in [5.41, 5.74) is 0.741. The van der Waals surface area contributed by atoms with Crippen molar-refractivity contribution in [3.63, 3.8) is 0 Å². The number of anilines is 1. The Morgan fingerprint density at radius 2 is 1.94 bits per heavy atom. The zero-order valence-electron chi connectivity index (χ0n) is 18.9. The van der Waals surface area contributed by atoms with Crippen LogP contribution in [0.1, 0.15) is 37.0 Å². The molecule has 0 radical (unpaired) electrons. The molecule has 1 aliphatic heterocycles. The van der Waals surface area contributed by atoms with Gasteiger partial charge < -0.3 is 19.7 Å². The Bertz CT molecular complexity index is 960. The molecule has 5 N–H and O–H groups in total. The van der Waals surface area contributed by atoms with Crippen molar-refractivity contribution >= 4 is 35.5 Å². The van der Waals surface area contributed by atoms with Crippen LogP contribution in [0.4, 0.5) is 10.5 Å². The van der Waals surface area contributed by atoms with Gasteiger partial charge in [0.15, 0.2) is 0 Å².